The van der Waals surface area contributed by atoms with Gasteiger partial charge in [-0.3, -0.25) is 4.79 Å². The fourth-order valence-electron chi connectivity index (χ4n) is 4.00. The molecular weight excluding hydrogens is 435 g/mol. The van der Waals surface area contributed by atoms with Gasteiger partial charge in [-0.15, -0.1) is 0 Å². The van der Waals surface area contributed by atoms with Crippen molar-refractivity contribution in [2.45, 2.75) is 46.1 Å². The number of nitrogen functional groups attached to an aromatic ring is 1. The molecule has 0 atom stereocenters. The molecule has 3 aromatic rings. The van der Waals surface area contributed by atoms with Crippen LogP contribution in [0.5, 0.6) is 0 Å². The molecule has 0 unspecified atom stereocenters. The lowest BCUT2D eigenvalue weighted by atomic mass is 9.98. The average molecular weight is 461 g/mol. The zero-order valence-electron chi connectivity index (χ0n) is 18.0. The average Bonchev–Trinajstić information content (AvgIpc) is 3.26. The van der Waals surface area contributed by atoms with Crippen molar-refractivity contribution in [1.29, 1.82) is 0 Å². The van der Waals surface area contributed by atoms with Crippen LogP contribution in [-0.2, 0) is 29.4 Å². The molecular formula is C21H25FN6O3S. The summed E-state index contributed by atoms with van der Waals surface area (Å²) >= 11 is 0. The standard InChI is InChI=1S/C21H25FN6O3S/c1-3-32(30,31)24-7-4-8-28-17(25-18-19(23)26-21(22)27-20(18)28)11-14-10-15-13(9-12(14)2)5-6-16(15)29/h9-10,24H,3-8,11H2,1-2H3,(H2,23,26,27). The molecule has 32 heavy (non-hydrogen) atoms. The number of imidazole rings is 1. The van der Waals surface area contributed by atoms with Gasteiger partial charge in [-0.2, -0.15) is 14.4 Å². The molecule has 0 radical (unpaired) electrons. The third-order valence-corrected chi connectivity index (χ3v) is 7.17. The first-order valence-corrected chi connectivity index (χ1v) is 12.1. The van der Waals surface area contributed by atoms with Crippen LogP contribution in [0, 0.1) is 13.0 Å². The first-order valence-electron chi connectivity index (χ1n) is 10.5. The van der Waals surface area contributed by atoms with Crippen LogP contribution in [0.4, 0.5) is 10.2 Å². The van der Waals surface area contributed by atoms with Gasteiger partial charge in [0.2, 0.25) is 10.0 Å². The Kier molecular flexibility index (Phi) is 5.95. The second-order valence-corrected chi connectivity index (χ2v) is 10.0. The van der Waals surface area contributed by atoms with E-state index in [0.29, 0.717) is 37.1 Å². The number of Topliss-reactive ketones (excluding diaryl/α,β-unsaturated/α-hetero) is 1. The van der Waals surface area contributed by atoms with Crippen LogP contribution in [0.1, 0.15) is 52.6 Å². The van der Waals surface area contributed by atoms with Crippen LogP contribution < -0.4 is 10.5 Å². The number of hydrogen-bond donors (Lipinski definition) is 2. The third kappa shape index (κ3) is 4.35. The summed E-state index contributed by atoms with van der Waals surface area (Å²) in [7, 11) is -3.30. The summed E-state index contributed by atoms with van der Waals surface area (Å²) in [5.74, 6) is 0.672. The molecule has 0 aliphatic heterocycles. The number of hydrogen-bond acceptors (Lipinski definition) is 7. The van der Waals surface area contributed by atoms with E-state index in [9.17, 15) is 17.6 Å². The van der Waals surface area contributed by atoms with E-state index < -0.39 is 16.1 Å². The molecule has 3 N–H and O–H groups in total. The van der Waals surface area contributed by atoms with Gasteiger partial charge in [0.15, 0.2) is 22.8 Å². The number of fused-ring (bicyclic) bond motifs is 2. The second-order valence-electron chi connectivity index (χ2n) is 7.92. The Morgan fingerprint density at radius 2 is 2.00 bits per heavy atom. The summed E-state index contributed by atoms with van der Waals surface area (Å²) < 4.78 is 41.5. The van der Waals surface area contributed by atoms with Crippen molar-refractivity contribution in [3.63, 3.8) is 0 Å². The third-order valence-electron chi connectivity index (χ3n) is 5.77. The number of aryl methyl sites for hydroxylation is 3. The highest BCUT2D eigenvalue weighted by molar-refractivity contribution is 7.89. The highest BCUT2D eigenvalue weighted by Crippen LogP contribution is 2.28. The van der Waals surface area contributed by atoms with E-state index in [1.54, 1.807) is 11.5 Å². The molecule has 11 heteroatoms. The minimum atomic E-state index is -3.30. The van der Waals surface area contributed by atoms with Crippen molar-refractivity contribution in [1.82, 2.24) is 24.2 Å². The monoisotopic (exact) mass is 460 g/mol. The van der Waals surface area contributed by atoms with Crippen LogP contribution in [0.25, 0.3) is 11.2 Å². The van der Waals surface area contributed by atoms with E-state index in [4.69, 9.17) is 5.73 Å². The molecule has 2 heterocycles. The number of ketones is 1. The number of nitrogens with one attached hydrogen (secondary N) is 1. The maximum atomic E-state index is 13.9. The lowest BCUT2D eigenvalue weighted by Crippen LogP contribution is -2.27. The van der Waals surface area contributed by atoms with Crippen molar-refractivity contribution in [2.75, 3.05) is 18.0 Å². The van der Waals surface area contributed by atoms with Gasteiger partial charge in [0.25, 0.3) is 0 Å². The van der Waals surface area contributed by atoms with E-state index >= 15 is 0 Å². The van der Waals surface area contributed by atoms with Gasteiger partial charge in [0.1, 0.15) is 5.82 Å². The quantitative estimate of drug-likeness (QED) is 0.387. The second kappa shape index (κ2) is 8.55. The van der Waals surface area contributed by atoms with Crippen LogP contribution in [0.2, 0.25) is 0 Å². The predicted octanol–water partition coefficient (Wildman–Crippen LogP) is 1.91. The largest absolute Gasteiger partial charge is 0.382 e. The number of benzene rings is 1. The normalized spacial score (nSPS) is 13.8. The number of halogens is 1. The van der Waals surface area contributed by atoms with Gasteiger partial charge in [0.05, 0.1) is 5.75 Å². The van der Waals surface area contributed by atoms with Crippen molar-refractivity contribution in [3.8, 4) is 0 Å². The van der Waals surface area contributed by atoms with Crippen LogP contribution in [0.15, 0.2) is 12.1 Å². The Morgan fingerprint density at radius 1 is 1.22 bits per heavy atom. The molecule has 0 amide bonds. The number of carbonyl (C=O) groups excluding carboxylic acids is 1. The Hall–Kier alpha value is -2.92. The van der Waals surface area contributed by atoms with Crippen molar-refractivity contribution in [2.24, 2.45) is 0 Å². The number of nitrogens with zero attached hydrogens (tertiary/aromatic N) is 4. The molecule has 1 aliphatic carbocycles. The Morgan fingerprint density at radius 3 is 2.75 bits per heavy atom. The van der Waals surface area contributed by atoms with Crippen LogP contribution in [-0.4, -0.2) is 46.0 Å². The molecule has 4 rings (SSSR count). The molecule has 2 aromatic heterocycles. The van der Waals surface area contributed by atoms with Crippen LogP contribution in [0.3, 0.4) is 0 Å². The highest BCUT2D eigenvalue weighted by Gasteiger charge is 2.22. The molecule has 0 fully saturated rings. The summed E-state index contributed by atoms with van der Waals surface area (Å²) in [6.07, 6.45) is 1.17. The maximum absolute atomic E-state index is 13.9. The summed E-state index contributed by atoms with van der Waals surface area (Å²) in [4.78, 5) is 24.2. The van der Waals surface area contributed by atoms with Gasteiger partial charge in [0, 0.05) is 31.5 Å². The molecule has 1 aliphatic rings. The van der Waals surface area contributed by atoms with Gasteiger partial charge >= 0.3 is 6.08 Å². The van der Waals surface area contributed by atoms with Gasteiger partial charge in [-0.05, 0) is 49.4 Å². The summed E-state index contributed by atoms with van der Waals surface area (Å²) in [6, 6.07) is 3.95. The Balaban J connectivity index is 1.68. The number of nitrogens with two attached hydrogens (primary N) is 1. The smallest absolute Gasteiger partial charge is 0.312 e. The summed E-state index contributed by atoms with van der Waals surface area (Å²) in [6.45, 7) is 4.14. The lowest BCUT2D eigenvalue weighted by molar-refractivity contribution is 0.0994. The highest BCUT2D eigenvalue weighted by atomic mass is 32.2. The number of aromatic nitrogens is 4. The van der Waals surface area contributed by atoms with Crippen molar-refractivity contribution in [3.05, 3.63) is 46.3 Å². The molecule has 0 saturated carbocycles. The zero-order valence-corrected chi connectivity index (χ0v) is 18.8. The zero-order chi connectivity index (χ0) is 23.0. The van der Waals surface area contributed by atoms with E-state index in [1.165, 1.54) is 0 Å². The maximum Gasteiger partial charge on any atom is 0.312 e. The molecule has 1 aromatic carbocycles. The molecule has 170 valence electrons. The predicted molar refractivity (Wildman–Crippen MR) is 118 cm³/mol. The number of sulfonamides is 1. The molecule has 9 nitrogen and oxygen atoms in total. The first-order chi connectivity index (χ1) is 15.2. The van der Waals surface area contributed by atoms with Crippen LogP contribution >= 0.6 is 0 Å². The minimum absolute atomic E-state index is 0.00243. The van der Waals surface area contributed by atoms with E-state index in [2.05, 4.69) is 19.7 Å². The number of anilines is 1. The van der Waals surface area contributed by atoms with E-state index in [0.717, 1.165) is 28.7 Å². The lowest BCUT2D eigenvalue weighted by Gasteiger charge is -2.12. The van der Waals surface area contributed by atoms with Crippen molar-refractivity contribution >= 4 is 32.8 Å². The summed E-state index contributed by atoms with van der Waals surface area (Å²) in [5.41, 5.74) is 10.2. The van der Waals surface area contributed by atoms with Gasteiger partial charge in [-0.1, -0.05) is 6.07 Å². The molecule has 0 saturated heterocycles. The molecule has 0 spiro atoms. The SMILES string of the molecule is CCS(=O)(=O)NCCCn1c(Cc2cc3c(cc2C)CCC3=O)nc2c(N)nc(F)nc21. The summed E-state index contributed by atoms with van der Waals surface area (Å²) in [5, 5.41) is 0. The van der Waals surface area contributed by atoms with Gasteiger partial charge in [-0.25, -0.2) is 18.1 Å². The minimum Gasteiger partial charge on any atom is -0.382 e. The Bertz CT molecular complexity index is 1320. The van der Waals surface area contributed by atoms with E-state index in [1.807, 2.05) is 19.1 Å². The number of rotatable bonds is 8. The van der Waals surface area contributed by atoms with Crippen molar-refractivity contribution < 1.29 is 17.6 Å². The van der Waals surface area contributed by atoms with E-state index in [-0.39, 0.29) is 29.5 Å². The Labute approximate surface area is 185 Å². The fourth-order valence-corrected chi connectivity index (χ4v) is 4.66. The fraction of sp³-hybridized carbons (Fsp3) is 0.429. The molecule has 0 bridgehead atoms. The number of carbonyl (C=O) groups is 1. The topological polar surface area (TPSA) is 133 Å². The van der Waals surface area contributed by atoms with Gasteiger partial charge < -0.3 is 10.3 Å². The first kappa shape index (κ1) is 22.3.